The maximum Gasteiger partial charge on any atom is 0.195 e. The molecule has 0 aliphatic carbocycles. The first-order valence-electron chi connectivity index (χ1n) is 7.34. The first-order valence-corrected chi connectivity index (χ1v) is 7.34. The molecule has 0 spiro atoms. The molecule has 124 valence electrons. The van der Waals surface area contributed by atoms with Gasteiger partial charge < -0.3 is 29.9 Å². The molecule has 0 bridgehead atoms. The van der Waals surface area contributed by atoms with E-state index in [2.05, 4.69) is 4.98 Å². The number of hydrogen-bond donors (Lipinski definition) is 4. The predicted octanol–water partition coefficient (Wildman–Crippen LogP) is -0.278. The molecule has 1 aliphatic heterocycles. The zero-order valence-corrected chi connectivity index (χ0v) is 12.5. The lowest BCUT2D eigenvalue weighted by atomic mass is 9.99. The normalized spacial score (nSPS) is 31.3. The first kappa shape index (κ1) is 16.1. The van der Waals surface area contributed by atoms with E-state index in [0.717, 1.165) is 10.9 Å². The molecule has 7 nitrogen and oxygen atoms in total. The van der Waals surface area contributed by atoms with Gasteiger partial charge in [-0.25, -0.2) is 0 Å². The fourth-order valence-corrected chi connectivity index (χ4v) is 2.68. The van der Waals surface area contributed by atoms with Crippen molar-refractivity contribution in [3.05, 3.63) is 36.0 Å². The molecule has 0 saturated carbocycles. The second kappa shape index (κ2) is 6.38. The van der Waals surface area contributed by atoms with Gasteiger partial charge in [-0.3, -0.25) is 4.98 Å². The van der Waals surface area contributed by atoms with Crippen LogP contribution in [0.25, 0.3) is 10.9 Å². The van der Waals surface area contributed by atoms with Crippen molar-refractivity contribution >= 4 is 10.9 Å². The van der Waals surface area contributed by atoms with Crippen molar-refractivity contribution < 1.29 is 29.9 Å². The highest BCUT2D eigenvalue weighted by Crippen LogP contribution is 2.29. The highest BCUT2D eigenvalue weighted by molar-refractivity contribution is 5.85. The molecule has 2 heterocycles. The van der Waals surface area contributed by atoms with E-state index in [1.165, 1.54) is 0 Å². The summed E-state index contributed by atoms with van der Waals surface area (Å²) in [7, 11) is 0. The molecule has 1 aliphatic rings. The summed E-state index contributed by atoms with van der Waals surface area (Å²) in [5.41, 5.74) is 1.72. The third-order valence-corrected chi connectivity index (χ3v) is 3.96. The predicted molar refractivity (Wildman–Crippen MR) is 80.9 cm³/mol. The number of ether oxygens (including phenoxy) is 2. The number of pyridine rings is 1. The molecule has 1 aromatic heterocycles. The van der Waals surface area contributed by atoms with E-state index in [1.54, 1.807) is 12.3 Å². The van der Waals surface area contributed by atoms with Gasteiger partial charge in [-0.1, -0.05) is 11.6 Å². The molecular formula is C16H19NO6. The maximum absolute atomic E-state index is 10.2. The van der Waals surface area contributed by atoms with E-state index < -0.39 is 37.3 Å². The lowest BCUT2D eigenvalue weighted by Crippen LogP contribution is -2.60. The monoisotopic (exact) mass is 321 g/mol. The Balaban J connectivity index is 1.91. The summed E-state index contributed by atoms with van der Waals surface area (Å²) in [6, 6.07) is 7.26. The SMILES string of the molecule is Cc1ccc2nccc(O[C@@H]3C(O)[C@H](O)C(CO)O[C@@H]3O)c2c1. The Morgan fingerprint density at radius 3 is 2.70 bits per heavy atom. The van der Waals surface area contributed by atoms with Crippen LogP contribution in [0.3, 0.4) is 0 Å². The van der Waals surface area contributed by atoms with Gasteiger partial charge in [0.1, 0.15) is 24.1 Å². The van der Waals surface area contributed by atoms with E-state index in [9.17, 15) is 15.3 Å². The Labute approximate surface area is 132 Å². The van der Waals surface area contributed by atoms with Crippen molar-refractivity contribution in [3.8, 4) is 5.75 Å². The van der Waals surface area contributed by atoms with Crippen molar-refractivity contribution in [3.63, 3.8) is 0 Å². The average Bonchev–Trinajstić information content (AvgIpc) is 2.55. The van der Waals surface area contributed by atoms with Gasteiger partial charge in [0.15, 0.2) is 12.4 Å². The molecule has 1 aromatic carbocycles. The Hall–Kier alpha value is -1.77. The highest BCUT2D eigenvalue weighted by atomic mass is 16.7. The van der Waals surface area contributed by atoms with Gasteiger partial charge in [0, 0.05) is 11.6 Å². The van der Waals surface area contributed by atoms with Crippen LogP contribution < -0.4 is 4.74 Å². The fourth-order valence-electron chi connectivity index (χ4n) is 2.68. The number of nitrogens with zero attached hydrogens (tertiary/aromatic N) is 1. The molecule has 2 aromatic rings. The number of benzene rings is 1. The van der Waals surface area contributed by atoms with Crippen LogP contribution in [0.2, 0.25) is 0 Å². The number of fused-ring (bicyclic) bond motifs is 1. The third kappa shape index (κ3) is 3.01. The Morgan fingerprint density at radius 1 is 1.17 bits per heavy atom. The molecule has 5 atom stereocenters. The van der Waals surface area contributed by atoms with Gasteiger partial charge in [0.25, 0.3) is 0 Å². The van der Waals surface area contributed by atoms with Crippen molar-refractivity contribution in [2.45, 2.75) is 37.6 Å². The molecule has 1 saturated heterocycles. The topological polar surface area (TPSA) is 112 Å². The number of rotatable bonds is 3. The smallest absolute Gasteiger partial charge is 0.195 e. The van der Waals surface area contributed by atoms with Crippen LogP contribution in [0.15, 0.2) is 30.5 Å². The molecule has 23 heavy (non-hydrogen) atoms. The van der Waals surface area contributed by atoms with Gasteiger partial charge >= 0.3 is 0 Å². The summed E-state index contributed by atoms with van der Waals surface area (Å²) in [5, 5.41) is 39.9. The van der Waals surface area contributed by atoms with Crippen LogP contribution in [0.5, 0.6) is 5.75 Å². The molecule has 0 amide bonds. The summed E-state index contributed by atoms with van der Waals surface area (Å²) in [6.07, 6.45) is -4.91. The second-order valence-corrected chi connectivity index (χ2v) is 5.64. The Bertz CT molecular complexity index is 693. The molecule has 3 rings (SSSR count). The maximum atomic E-state index is 10.2. The van der Waals surface area contributed by atoms with Gasteiger partial charge in [0.2, 0.25) is 0 Å². The van der Waals surface area contributed by atoms with E-state index in [1.807, 2.05) is 25.1 Å². The minimum absolute atomic E-state index is 0.417. The average molecular weight is 321 g/mol. The van der Waals surface area contributed by atoms with E-state index >= 15 is 0 Å². The fraction of sp³-hybridized carbons (Fsp3) is 0.438. The van der Waals surface area contributed by atoms with Crippen molar-refractivity contribution in [1.29, 1.82) is 0 Å². The Kier molecular flexibility index (Phi) is 4.47. The van der Waals surface area contributed by atoms with Crippen LogP contribution >= 0.6 is 0 Å². The van der Waals surface area contributed by atoms with Crippen LogP contribution in [-0.2, 0) is 4.74 Å². The van der Waals surface area contributed by atoms with Crippen LogP contribution in [-0.4, -0.2) is 62.7 Å². The zero-order chi connectivity index (χ0) is 16.6. The Morgan fingerprint density at radius 2 is 1.96 bits per heavy atom. The molecule has 7 heteroatoms. The first-order chi connectivity index (χ1) is 11.0. The van der Waals surface area contributed by atoms with Crippen LogP contribution in [0.4, 0.5) is 0 Å². The lowest BCUT2D eigenvalue weighted by molar-refractivity contribution is -0.280. The quantitative estimate of drug-likeness (QED) is 0.615. The summed E-state index contributed by atoms with van der Waals surface area (Å²) < 4.78 is 10.8. The molecule has 4 N–H and O–H groups in total. The van der Waals surface area contributed by atoms with Crippen LogP contribution in [0, 0.1) is 6.92 Å². The molecule has 0 radical (unpaired) electrons. The summed E-state index contributed by atoms with van der Waals surface area (Å²) in [4.78, 5) is 4.24. The lowest BCUT2D eigenvalue weighted by Gasteiger charge is -2.39. The van der Waals surface area contributed by atoms with Gasteiger partial charge in [0.05, 0.1) is 12.1 Å². The van der Waals surface area contributed by atoms with Gasteiger partial charge in [-0.05, 0) is 25.1 Å². The van der Waals surface area contributed by atoms with Crippen LogP contribution in [0.1, 0.15) is 5.56 Å². The van der Waals surface area contributed by atoms with Gasteiger partial charge in [-0.2, -0.15) is 0 Å². The minimum atomic E-state index is -1.47. The van der Waals surface area contributed by atoms with Crippen molar-refractivity contribution in [2.75, 3.05) is 6.61 Å². The highest BCUT2D eigenvalue weighted by Gasteiger charge is 2.45. The zero-order valence-electron chi connectivity index (χ0n) is 12.5. The molecule has 2 unspecified atom stereocenters. The molecular weight excluding hydrogens is 302 g/mol. The number of aryl methyl sites for hydroxylation is 1. The standard InChI is InChI=1S/C16H19NO6/c1-8-2-3-10-9(6-8)11(4-5-17-10)22-15-14(20)13(19)12(7-18)23-16(15)21/h2-6,12-16,18-21H,7H2,1H3/t12?,13-,14?,15-,16+/m1/s1. The number of aliphatic hydroxyl groups is 4. The summed E-state index contributed by atoms with van der Waals surface area (Å²) in [6.45, 7) is 1.42. The number of hydrogen-bond acceptors (Lipinski definition) is 7. The number of aromatic nitrogens is 1. The summed E-state index contributed by atoms with van der Waals surface area (Å²) >= 11 is 0. The van der Waals surface area contributed by atoms with Crippen molar-refractivity contribution in [2.24, 2.45) is 0 Å². The second-order valence-electron chi connectivity index (χ2n) is 5.64. The van der Waals surface area contributed by atoms with Gasteiger partial charge in [-0.15, -0.1) is 0 Å². The third-order valence-electron chi connectivity index (χ3n) is 3.96. The largest absolute Gasteiger partial charge is 0.482 e. The van der Waals surface area contributed by atoms with E-state index in [0.29, 0.717) is 11.3 Å². The minimum Gasteiger partial charge on any atom is -0.482 e. The number of aliphatic hydroxyl groups excluding tert-OH is 4. The molecule has 1 fully saturated rings. The van der Waals surface area contributed by atoms with E-state index in [4.69, 9.17) is 14.6 Å². The summed E-state index contributed by atoms with van der Waals surface area (Å²) in [5.74, 6) is 0.417. The van der Waals surface area contributed by atoms with E-state index in [-0.39, 0.29) is 0 Å². The van der Waals surface area contributed by atoms with Crippen molar-refractivity contribution in [1.82, 2.24) is 4.98 Å².